The molecule has 0 saturated heterocycles. The molecule has 0 aromatic heterocycles. The average molecular weight is 397 g/mol. The maximum absolute atomic E-state index is 12.6. The van der Waals surface area contributed by atoms with Crippen molar-refractivity contribution in [1.82, 2.24) is 10.6 Å². The number of ether oxygens (including phenoxy) is 1. The lowest BCUT2D eigenvalue weighted by Crippen LogP contribution is -2.44. The van der Waals surface area contributed by atoms with Gasteiger partial charge in [-0.15, -0.1) is 0 Å². The number of hydrogen-bond donors (Lipinski definition) is 2. The minimum atomic E-state index is -1.15. The maximum Gasteiger partial charge on any atom is 0.340 e. The summed E-state index contributed by atoms with van der Waals surface area (Å²) in [6, 6.07) is 15.2. The summed E-state index contributed by atoms with van der Waals surface area (Å²) >= 11 is 1.26. The normalized spacial score (nSPS) is 11.0. The maximum atomic E-state index is 12.6. The second-order valence-electron chi connectivity index (χ2n) is 5.60. The molecular formula is C20H19N3O4S. The molecule has 0 unspecified atom stereocenters. The zero-order chi connectivity index (χ0) is 20.5. The molecule has 0 aliphatic heterocycles. The fourth-order valence-corrected chi connectivity index (χ4v) is 3.20. The van der Waals surface area contributed by atoms with Crippen molar-refractivity contribution < 1.29 is 19.1 Å². The fourth-order valence-electron chi connectivity index (χ4n) is 2.19. The van der Waals surface area contributed by atoms with E-state index in [0.717, 1.165) is 0 Å². The number of carbonyl (C=O) groups excluding carboxylic acids is 3. The van der Waals surface area contributed by atoms with Crippen molar-refractivity contribution in [3.05, 3.63) is 59.7 Å². The number of carbonyl (C=O) groups is 3. The smallest absolute Gasteiger partial charge is 0.340 e. The molecule has 28 heavy (non-hydrogen) atoms. The highest BCUT2D eigenvalue weighted by Crippen LogP contribution is 2.33. The number of esters is 1. The molecule has 0 spiro atoms. The van der Waals surface area contributed by atoms with Crippen LogP contribution < -0.4 is 10.6 Å². The molecule has 2 aromatic rings. The Bertz CT molecular complexity index is 924. The summed E-state index contributed by atoms with van der Waals surface area (Å²) in [7, 11) is 0. The zero-order valence-electron chi connectivity index (χ0n) is 15.4. The van der Waals surface area contributed by atoms with Gasteiger partial charge in [0.15, 0.2) is 6.10 Å². The van der Waals surface area contributed by atoms with Crippen LogP contribution in [0.4, 0.5) is 4.79 Å². The van der Waals surface area contributed by atoms with Crippen LogP contribution in [0.2, 0.25) is 0 Å². The van der Waals surface area contributed by atoms with Gasteiger partial charge in [-0.25, -0.2) is 9.59 Å². The summed E-state index contributed by atoms with van der Waals surface area (Å²) in [6.07, 6.45) is -1.15. The highest BCUT2D eigenvalue weighted by molar-refractivity contribution is 7.99. The molecular weight excluding hydrogens is 378 g/mol. The van der Waals surface area contributed by atoms with Gasteiger partial charge in [0.1, 0.15) is 6.07 Å². The summed E-state index contributed by atoms with van der Waals surface area (Å²) < 4.78 is 5.20. The lowest BCUT2D eigenvalue weighted by Gasteiger charge is -2.14. The summed E-state index contributed by atoms with van der Waals surface area (Å²) in [5.41, 5.74) is 0.753. The van der Waals surface area contributed by atoms with Crippen LogP contribution in [0.15, 0.2) is 58.3 Å². The van der Waals surface area contributed by atoms with E-state index in [1.165, 1.54) is 18.7 Å². The van der Waals surface area contributed by atoms with Gasteiger partial charge in [0.05, 0.1) is 11.1 Å². The molecule has 0 aliphatic carbocycles. The minimum absolute atomic E-state index is 0.262. The van der Waals surface area contributed by atoms with E-state index in [9.17, 15) is 19.6 Å². The van der Waals surface area contributed by atoms with Crippen LogP contribution in [0.3, 0.4) is 0 Å². The highest BCUT2D eigenvalue weighted by Gasteiger charge is 2.22. The predicted octanol–water partition coefficient (Wildman–Crippen LogP) is 3.10. The zero-order valence-corrected chi connectivity index (χ0v) is 16.2. The van der Waals surface area contributed by atoms with E-state index in [1.807, 2.05) is 0 Å². The van der Waals surface area contributed by atoms with Crippen LogP contribution in [0.1, 0.15) is 29.8 Å². The topological polar surface area (TPSA) is 108 Å². The van der Waals surface area contributed by atoms with Crippen LogP contribution in [0.5, 0.6) is 0 Å². The molecule has 0 heterocycles. The van der Waals surface area contributed by atoms with Gasteiger partial charge in [-0.2, -0.15) is 5.26 Å². The lowest BCUT2D eigenvalue weighted by molar-refractivity contribution is -0.127. The largest absolute Gasteiger partial charge is 0.449 e. The molecule has 2 N–H and O–H groups in total. The van der Waals surface area contributed by atoms with Gasteiger partial charge in [-0.05, 0) is 38.1 Å². The second kappa shape index (κ2) is 10.1. The molecule has 3 amide bonds. The molecule has 8 heteroatoms. The Kier molecular flexibility index (Phi) is 7.60. The monoisotopic (exact) mass is 397 g/mol. The Morgan fingerprint density at radius 2 is 1.75 bits per heavy atom. The molecule has 144 valence electrons. The first-order chi connectivity index (χ1) is 13.5. The van der Waals surface area contributed by atoms with Gasteiger partial charge in [0.25, 0.3) is 5.91 Å². The minimum Gasteiger partial charge on any atom is -0.449 e. The lowest BCUT2D eigenvalue weighted by atomic mass is 10.2. The van der Waals surface area contributed by atoms with Crippen molar-refractivity contribution in [3.8, 4) is 6.07 Å². The Morgan fingerprint density at radius 3 is 2.43 bits per heavy atom. The number of imide groups is 1. The average Bonchev–Trinajstić information content (AvgIpc) is 2.68. The Labute approximate surface area is 167 Å². The van der Waals surface area contributed by atoms with Crippen molar-refractivity contribution in [2.45, 2.75) is 29.7 Å². The van der Waals surface area contributed by atoms with Gasteiger partial charge >= 0.3 is 12.0 Å². The predicted molar refractivity (Wildman–Crippen MR) is 104 cm³/mol. The molecule has 0 saturated carbocycles. The van der Waals surface area contributed by atoms with Crippen molar-refractivity contribution in [2.24, 2.45) is 0 Å². The van der Waals surface area contributed by atoms with Crippen LogP contribution in [0, 0.1) is 11.3 Å². The van der Waals surface area contributed by atoms with Crippen molar-refractivity contribution >= 4 is 29.7 Å². The molecule has 0 fully saturated rings. The van der Waals surface area contributed by atoms with Crippen LogP contribution >= 0.6 is 11.8 Å². The number of urea groups is 1. The first-order valence-corrected chi connectivity index (χ1v) is 9.33. The van der Waals surface area contributed by atoms with E-state index in [0.29, 0.717) is 21.9 Å². The van der Waals surface area contributed by atoms with E-state index in [-0.39, 0.29) is 5.56 Å². The number of hydrogen-bond acceptors (Lipinski definition) is 6. The Morgan fingerprint density at radius 1 is 1.11 bits per heavy atom. The number of nitrogens with one attached hydrogen (secondary N) is 2. The molecule has 7 nitrogen and oxygen atoms in total. The van der Waals surface area contributed by atoms with E-state index < -0.39 is 24.0 Å². The third kappa shape index (κ3) is 5.59. The molecule has 2 aromatic carbocycles. The van der Waals surface area contributed by atoms with Crippen LogP contribution in [0.25, 0.3) is 0 Å². The molecule has 0 bridgehead atoms. The van der Waals surface area contributed by atoms with E-state index in [4.69, 9.17) is 4.74 Å². The summed E-state index contributed by atoms with van der Waals surface area (Å²) in [5.74, 6) is -1.42. The number of amides is 3. The van der Waals surface area contributed by atoms with E-state index in [2.05, 4.69) is 16.7 Å². The van der Waals surface area contributed by atoms with Gasteiger partial charge in [0.2, 0.25) is 0 Å². The Balaban J connectivity index is 2.13. The number of rotatable bonds is 6. The first kappa shape index (κ1) is 21.0. The summed E-state index contributed by atoms with van der Waals surface area (Å²) in [4.78, 5) is 37.2. The van der Waals surface area contributed by atoms with E-state index >= 15 is 0 Å². The molecule has 0 aliphatic rings. The van der Waals surface area contributed by atoms with Crippen LogP contribution in [-0.4, -0.2) is 30.6 Å². The number of benzene rings is 2. The number of nitriles is 1. The molecule has 0 radical (unpaired) electrons. The molecule has 2 rings (SSSR count). The van der Waals surface area contributed by atoms with Crippen molar-refractivity contribution in [2.75, 3.05) is 6.54 Å². The third-order valence-electron chi connectivity index (χ3n) is 3.56. The van der Waals surface area contributed by atoms with Crippen molar-refractivity contribution in [1.29, 1.82) is 5.26 Å². The highest BCUT2D eigenvalue weighted by atomic mass is 32.2. The standard InChI is InChI=1S/C20H19N3O4S/c1-3-22-20(26)23-18(24)13(2)27-19(25)15-9-5-7-11-17(15)28-16-10-6-4-8-14(16)12-21/h4-11,13H,3H2,1-2H3,(H2,22,23,24,26)/t13-/m1/s1. The van der Waals surface area contributed by atoms with Gasteiger partial charge < -0.3 is 10.1 Å². The fraction of sp³-hybridized carbons (Fsp3) is 0.200. The SMILES string of the molecule is CCNC(=O)NC(=O)[C@@H](C)OC(=O)c1ccccc1Sc1ccccc1C#N. The number of nitrogens with zero attached hydrogens (tertiary/aromatic N) is 1. The third-order valence-corrected chi connectivity index (χ3v) is 4.71. The van der Waals surface area contributed by atoms with Gasteiger partial charge in [-0.1, -0.05) is 36.0 Å². The quantitative estimate of drug-likeness (QED) is 0.725. The first-order valence-electron chi connectivity index (χ1n) is 8.52. The van der Waals surface area contributed by atoms with Gasteiger partial charge in [-0.3, -0.25) is 10.1 Å². The van der Waals surface area contributed by atoms with Crippen LogP contribution in [-0.2, 0) is 9.53 Å². The molecule has 1 atom stereocenters. The van der Waals surface area contributed by atoms with E-state index in [1.54, 1.807) is 55.5 Å². The second-order valence-corrected chi connectivity index (χ2v) is 6.69. The van der Waals surface area contributed by atoms with Crippen molar-refractivity contribution in [3.63, 3.8) is 0 Å². The summed E-state index contributed by atoms with van der Waals surface area (Å²) in [5, 5.41) is 13.8. The summed E-state index contributed by atoms with van der Waals surface area (Å²) in [6.45, 7) is 3.46. The Hall–Kier alpha value is -3.31. The van der Waals surface area contributed by atoms with Gasteiger partial charge in [0, 0.05) is 16.3 Å².